The van der Waals surface area contributed by atoms with Crippen LogP contribution in [0.4, 0.5) is 10.5 Å². The number of hydrogen-bond acceptors (Lipinski definition) is 3. The number of nitrogens with two attached hydrogens (primary N) is 1. The van der Waals surface area contributed by atoms with Gasteiger partial charge in [-0.25, -0.2) is 4.79 Å². The number of benzene rings is 1. The van der Waals surface area contributed by atoms with Crippen molar-refractivity contribution in [3.63, 3.8) is 0 Å². The topological polar surface area (TPSA) is 49.6 Å². The first-order valence-electron chi connectivity index (χ1n) is 9.07. The van der Waals surface area contributed by atoms with Gasteiger partial charge in [0.2, 0.25) is 0 Å². The number of urea groups is 1. The number of carbonyl (C=O) groups is 1. The van der Waals surface area contributed by atoms with Crippen LogP contribution in [0.5, 0.6) is 0 Å². The average Bonchev–Trinajstić information content (AvgIpc) is 2.86. The van der Waals surface area contributed by atoms with E-state index in [4.69, 9.17) is 5.73 Å². The van der Waals surface area contributed by atoms with Crippen LogP contribution in [-0.4, -0.2) is 36.6 Å². The van der Waals surface area contributed by atoms with E-state index in [1.807, 2.05) is 31.3 Å². The Balaban J connectivity index is 2.36. The highest BCUT2D eigenvalue weighted by Crippen LogP contribution is 2.34. The molecule has 2 aromatic rings. The third kappa shape index (κ3) is 4.33. The number of aryl methyl sites for hydroxylation is 1. The van der Waals surface area contributed by atoms with Crippen molar-refractivity contribution >= 4 is 33.1 Å². The first-order valence-corrected chi connectivity index (χ1v) is 9.88. The summed E-state index contributed by atoms with van der Waals surface area (Å²) in [5.41, 5.74) is 7.86. The molecule has 0 fully saturated rings. The Kier molecular flexibility index (Phi) is 6.47. The van der Waals surface area contributed by atoms with Gasteiger partial charge in [-0.15, -0.1) is 11.3 Å². The lowest BCUT2D eigenvalue weighted by Gasteiger charge is -2.25. The van der Waals surface area contributed by atoms with Crippen LogP contribution in [0.1, 0.15) is 44.6 Å². The maximum atomic E-state index is 11.8. The Hall–Kier alpha value is -1.59. The zero-order valence-electron chi connectivity index (χ0n) is 16.3. The molecule has 2 amide bonds. The van der Waals surface area contributed by atoms with Gasteiger partial charge in [-0.3, -0.25) is 4.90 Å². The summed E-state index contributed by atoms with van der Waals surface area (Å²) in [6.07, 6.45) is 2.18. The van der Waals surface area contributed by atoms with E-state index in [0.29, 0.717) is 6.04 Å². The summed E-state index contributed by atoms with van der Waals surface area (Å²) < 4.78 is 1.27. The number of carbonyl (C=O) groups excluding carboxylic acids is 1. The molecule has 2 N–H and O–H groups in total. The molecule has 1 aromatic heterocycles. The van der Waals surface area contributed by atoms with Gasteiger partial charge in [0.25, 0.3) is 0 Å². The standard InChI is InChI=1S/C20H31N3OS/c1-7-14(4)22(6)11-10-17-15(5)25-19-9-8-16(12-18(17)19)23(13(2)3)20(21)24/h8-9,12-14H,7,10-11H2,1-6H3,(H2,21,24). The highest BCUT2D eigenvalue weighted by Gasteiger charge is 2.18. The number of anilines is 1. The van der Waals surface area contributed by atoms with E-state index >= 15 is 0 Å². The third-order valence-corrected chi connectivity index (χ3v) is 6.19. The van der Waals surface area contributed by atoms with Gasteiger partial charge in [0.1, 0.15) is 0 Å². The Labute approximate surface area is 155 Å². The molecule has 4 nitrogen and oxygen atoms in total. The number of nitrogens with zero attached hydrogens (tertiary/aromatic N) is 2. The number of primary amides is 1. The van der Waals surface area contributed by atoms with E-state index in [1.165, 1.54) is 20.5 Å². The van der Waals surface area contributed by atoms with Crippen LogP contribution >= 0.6 is 11.3 Å². The van der Waals surface area contributed by atoms with Crippen molar-refractivity contribution in [2.24, 2.45) is 5.73 Å². The fourth-order valence-electron chi connectivity index (χ4n) is 3.22. The summed E-state index contributed by atoms with van der Waals surface area (Å²) in [6, 6.07) is 6.46. The largest absolute Gasteiger partial charge is 0.351 e. The molecule has 1 atom stereocenters. The third-order valence-electron chi connectivity index (χ3n) is 5.07. The number of rotatable bonds is 7. The number of hydrogen-bond donors (Lipinski definition) is 1. The molecule has 0 aliphatic carbocycles. The number of amides is 2. The lowest BCUT2D eigenvalue weighted by atomic mass is 10.1. The summed E-state index contributed by atoms with van der Waals surface area (Å²) in [7, 11) is 2.19. The molecular weight excluding hydrogens is 330 g/mol. The van der Waals surface area contributed by atoms with Crippen molar-refractivity contribution in [2.75, 3.05) is 18.5 Å². The van der Waals surface area contributed by atoms with Crippen LogP contribution in [-0.2, 0) is 6.42 Å². The second-order valence-corrected chi connectivity index (χ2v) is 8.36. The minimum Gasteiger partial charge on any atom is -0.351 e. The summed E-state index contributed by atoms with van der Waals surface area (Å²) in [5.74, 6) is 0. The van der Waals surface area contributed by atoms with Gasteiger partial charge in [-0.2, -0.15) is 0 Å². The van der Waals surface area contributed by atoms with Gasteiger partial charge in [0.15, 0.2) is 0 Å². The van der Waals surface area contributed by atoms with E-state index in [0.717, 1.165) is 25.1 Å². The van der Waals surface area contributed by atoms with Crippen molar-refractivity contribution in [2.45, 2.75) is 59.5 Å². The van der Waals surface area contributed by atoms with E-state index in [9.17, 15) is 4.79 Å². The van der Waals surface area contributed by atoms with Crippen LogP contribution < -0.4 is 10.6 Å². The smallest absolute Gasteiger partial charge is 0.319 e. The zero-order chi connectivity index (χ0) is 18.7. The van der Waals surface area contributed by atoms with E-state index in [2.05, 4.69) is 44.9 Å². The summed E-state index contributed by atoms with van der Waals surface area (Å²) in [5, 5.41) is 1.25. The molecule has 0 saturated carbocycles. The van der Waals surface area contributed by atoms with Crippen molar-refractivity contribution in [3.05, 3.63) is 28.6 Å². The SMILES string of the molecule is CCC(C)N(C)CCc1c(C)sc2ccc(N(C(N)=O)C(C)C)cc12. The predicted molar refractivity (Wildman–Crippen MR) is 110 cm³/mol. The Morgan fingerprint density at radius 3 is 2.52 bits per heavy atom. The molecular formula is C20H31N3OS. The lowest BCUT2D eigenvalue weighted by Crippen LogP contribution is -2.40. The second kappa shape index (κ2) is 8.19. The van der Waals surface area contributed by atoms with Crippen LogP contribution in [0, 0.1) is 6.92 Å². The monoisotopic (exact) mass is 361 g/mol. The highest BCUT2D eigenvalue weighted by molar-refractivity contribution is 7.19. The molecule has 138 valence electrons. The number of thiophene rings is 1. The summed E-state index contributed by atoms with van der Waals surface area (Å²) >= 11 is 1.83. The zero-order valence-corrected chi connectivity index (χ0v) is 17.1. The molecule has 5 heteroatoms. The normalized spacial score (nSPS) is 13.0. The molecule has 0 radical (unpaired) electrons. The fraction of sp³-hybridized carbons (Fsp3) is 0.550. The minimum absolute atomic E-state index is 0.0367. The van der Waals surface area contributed by atoms with Crippen molar-refractivity contribution in [1.82, 2.24) is 4.90 Å². The minimum atomic E-state index is -0.403. The molecule has 0 bridgehead atoms. The van der Waals surface area contributed by atoms with Crippen molar-refractivity contribution in [1.29, 1.82) is 0 Å². The molecule has 2 rings (SSSR count). The van der Waals surface area contributed by atoms with Gasteiger partial charge in [0, 0.05) is 33.9 Å². The van der Waals surface area contributed by atoms with Crippen LogP contribution in [0.25, 0.3) is 10.1 Å². The van der Waals surface area contributed by atoms with Crippen LogP contribution in [0.3, 0.4) is 0 Å². The average molecular weight is 362 g/mol. The van der Waals surface area contributed by atoms with Crippen molar-refractivity contribution < 1.29 is 4.79 Å². The number of likely N-dealkylation sites (N-methyl/N-ethyl adjacent to an activating group) is 1. The lowest BCUT2D eigenvalue weighted by molar-refractivity contribution is 0.252. The van der Waals surface area contributed by atoms with Crippen LogP contribution in [0.2, 0.25) is 0 Å². The Morgan fingerprint density at radius 1 is 1.28 bits per heavy atom. The molecule has 0 aliphatic rings. The summed E-state index contributed by atoms with van der Waals surface area (Å²) in [4.78, 5) is 17.3. The van der Waals surface area contributed by atoms with E-state index in [-0.39, 0.29) is 6.04 Å². The maximum Gasteiger partial charge on any atom is 0.319 e. The quantitative estimate of drug-likeness (QED) is 0.772. The molecule has 0 aliphatic heterocycles. The second-order valence-electron chi connectivity index (χ2n) is 7.11. The first-order chi connectivity index (χ1) is 11.8. The number of fused-ring (bicyclic) bond motifs is 1. The van der Waals surface area contributed by atoms with E-state index < -0.39 is 6.03 Å². The van der Waals surface area contributed by atoms with Gasteiger partial charge in [-0.1, -0.05) is 6.92 Å². The molecule has 1 aromatic carbocycles. The van der Waals surface area contributed by atoms with Gasteiger partial charge < -0.3 is 10.6 Å². The Morgan fingerprint density at radius 2 is 1.96 bits per heavy atom. The highest BCUT2D eigenvalue weighted by atomic mass is 32.1. The molecule has 1 unspecified atom stereocenters. The molecule has 0 saturated heterocycles. The van der Waals surface area contributed by atoms with Gasteiger partial charge >= 0.3 is 6.03 Å². The predicted octanol–water partition coefficient (Wildman–Crippen LogP) is 4.78. The fourth-order valence-corrected chi connectivity index (χ4v) is 4.31. The molecule has 1 heterocycles. The van der Waals surface area contributed by atoms with E-state index in [1.54, 1.807) is 4.90 Å². The van der Waals surface area contributed by atoms with Gasteiger partial charge in [-0.05, 0) is 76.7 Å². The van der Waals surface area contributed by atoms with Gasteiger partial charge in [0.05, 0.1) is 0 Å². The van der Waals surface area contributed by atoms with Crippen molar-refractivity contribution in [3.8, 4) is 0 Å². The molecule has 25 heavy (non-hydrogen) atoms. The summed E-state index contributed by atoms with van der Waals surface area (Å²) in [6.45, 7) is 11.7. The molecule has 0 spiro atoms. The Bertz CT molecular complexity index is 738. The first kappa shape index (κ1) is 19.7. The maximum absolute atomic E-state index is 11.8. The van der Waals surface area contributed by atoms with Crippen LogP contribution in [0.15, 0.2) is 18.2 Å².